The molecule has 0 unspecified atom stereocenters. The van der Waals surface area contributed by atoms with E-state index in [0.717, 1.165) is 0 Å². The van der Waals surface area contributed by atoms with Crippen molar-refractivity contribution in [3.63, 3.8) is 0 Å². The van der Waals surface area contributed by atoms with Crippen LogP contribution >= 0.6 is 11.3 Å². The van der Waals surface area contributed by atoms with Crippen LogP contribution in [0.5, 0.6) is 0 Å². The highest BCUT2D eigenvalue weighted by molar-refractivity contribution is 7.26. The zero-order valence-corrected chi connectivity index (χ0v) is 19.1. The van der Waals surface area contributed by atoms with Crippen molar-refractivity contribution in [3.05, 3.63) is 115 Å². The minimum Gasteiger partial charge on any atom is -0.309 e. The molecule has 0 aliphatic heterocycles. The summed E-state index contributed by atoms with van der Waals surface area (Å²) < 4.78 is 5.17. The fraction of sp³-hybridized carbons (Fsp3) is 0. The Morgan fingerprint density at radius 1 is 0.471 bits per heavy atom. The van der Waals surface area contributed by atoms with Crippen molar-refractivity contribution >= 4 is 74.9 Å². The predicted molar refractivity (Wildman–Crippen MR) is 149 cm³/mol. The predicted octanol–water partition coefficient (Wildman–Crippen LogP) is 9.46. The van der Waals surface area contributed by atoms with Gasteiger partial charge in [-0.3, -0.25) is 0 Å². The van der Waals surface area contributed by atoms with Crippen LogP contribution in [0.1, 0.15) is 0 Å². The van der Waals surface area contributed by atoms with E-state index in [0.29, 0.717) is 0 Å². The number of hydrogen-bond donors (Lipinski definition) is 0. The van der Waals surface area contributed by atoms with Gasteiger partial charge in [0.1, 0.15) is 0 Å². The first-order chi connectivity index (χ1) is 16.9. The molecule has 2 aromatic heterocycles. The Labute approximate surface area is 200 Å². The van der Waals surface area contributed by atoms with Gasteiger partial charge in [-0.05, 0) is 51.9 Å². The average Bonchev–Trinajstić information content (AvgIpc) is 3.44. The highest BCUT2D eigenvalue weighted by Crippen LogP contribution is 2.44. The number of nitrogens with zero attached hydrogens (tertiary/aromatic N) is 1. The smallest absolute Gasteiger partial charge is 0.0634 e. The van der Waals surface area contributed by atoms with Crippen LogP contribution < -0.4 is 0 Å². The Hall–Kier alpha value is -4.14. The molecule has 0 amide bonds. The van der Waals surface area contributed by atoms with Gasteiger partial charge >= 0.3 is 0 Å². The first-order valence-corrected chi connectivity index (χ1v) is 12.4. The minimum atomic E-state index is 1.21. The maximum absolute atomic E-state index is 2.49. The average molecular weight is 450 g/mol. The van der Waals surface area contributed by atoms with Crippen molar-refractivity contribution in [2.24, 2.45) is 0 Å². The quantitative estimate of drug-likeness (QED) is 0.235. The first kappa shape index (κ1) is 18.3. The van der Waals surface area contributed by atoms with Crippen LogP contribution in [-0.2, 0) is 0 Å². The van der Waals surface area contributed by atoms with Crippen LogP contribution in [0, 0.1) is 0 Å². The van der Waals surface area contributed by atoms with Crippen molar-refractivity contribution in [2.75, 3.05) is 0 Å². The van der Waals surface area contributed by atoms with E-state index >= 15 is 0 Å². The highest BCUT2D eigenvalue weighted by Gasteiger charge is 2.19. The van der Waals surface area contributed by atoms with Gasteiger partial charge in [-0.15, -0.1) is 11.3 Å². The van der Waals surface area contributed by atoms with Crippen molar-refractivity contribution in [2.45, 2.75) is 0 Å². The number of hydrogen-bond acceptors (Lipinski definition) is 1. The van der Waals surface area contributed by atoms with Gasteiger partial charge in [0.05, 0.1) is 11.0 Å². The molecule has 6 aromatic carbocycles. The molecule has 2 heterocycles. The molecule has 158 valence electrons. The summed E-state index contributed by atoms with van der Waals surface area (Å²) >= 11 is 1.88. The molecule has 0 saturated carbocycles. The fourth-order valence-electron chi connectivity index (χ4n) is 5.67. The van der Waals surface area contributed by atoms with E-state index in [-0.39, 0.29) is 0 Å². The van der Waals surface area contributed by atoms with Crippen LogP contribution in [0.25, 0.3) is 69.2 Å². The molecular formula is C32H19NS. The Balaban J connectivity index is 1.66. The van der Waals surface area contributed by atoms with E-state index in [1.54, 1.807) is 0 Å². The lowest BCUT2D eigenvalue weighted by molar-refractivity contribution is 1.19. The van der Waals surface area contributed by atoms with E-state index < -0.39 is 0 Å². The second kappa shape index (κ2) is 6.69. The third-order valence-electron chi connectivity index (χ3n) is 7.15. The molecule has 0 atom stereocenters. The summed E-state index contributed by atoms with van der Waals surface area (Å²) in [6, 6.07) is 42.2. The van der Waals surface area contributed by atoms with Gasteiger partial charge in [-0.1, -0.05) is 84.9 Å². The third-order valence-corrected chi connectivity index (χ3v) is 8.28. The monoisotopic (exact) mass is 449 g/mol. The summed E-state index contributed by atoms with van der Waals surface area (Å²) in [5.74, 6) is 0. The summed E-state index contributed by atoms with van der Waals surface area (Å²) in [7, 11) is 0. The van der Waals surface area contributed by atoms with Gasteiger partial charge in [0.15, 0.2) is 0 Å². The number of thiophene rings is 1. The van der Waals surface area contributed by atoms with Gasteiger partial charge in [0, 0.05) is 36.6 Å². The lowest BCUT2D eigenvalue weighted by Crippen LogP contribution is -1.94. The van der Waals surface area contributed by atoms with Crippen LogP contribution in [-0.4, -0.2) is 4.57 Å². The van der Waals surface area contributed by atoms with Crippen molar-refractivity contribution in [1.29, 1.82) is 0 Å². The number of aromatic nitrogens is 1. The summed E-state index contributed by atoms with van der Waals surface area (Å²) in [5.41, 5.74) is 3.76. The molecule has 1 nitrogen and oxygen atoms in total. The Bertz CT molecular complexity index is 2070. The summed E-state index contributed by atoms with van der Waals surface area (Å²) in [6.45, 7) is 0. The molecule has 2 heteroatoms. The zero-order valence-electron chi connectivity index (χ0n) is 18.3. The standard InChI is InChI=1S/C32H19NS/c1-2-9-22-19-23(15-13-20(22)7-1)33-27-17-14-21-8-3-4-10-24(21)30(27)26-16-18-29-31(32(26)33)25-11-5-6-12-28(25)34-29/h1-19H. The topological polar surface area (TPSA) is 4.93 Å². The van der Waals surface area contributed by atoms with Gasteiger partial charge in [0.25, 0.3) is 0 Å². The molecule has 0 aliphatic rings. The molecular weight excluding hydrogens is 430 g/mol. The molecule has 0 aliphatic carbocycles. The highest BCUT2D eigenvalue weighted by atomic mass is 32.1. The maximum atomic E-state index is 2.49. The van der Waals surface area contributed by atoms with Crippen LogP contribution in [0.2, 0.25) is 0 Å². The molecule has 0 fully saturated rings. The fourth-order valence-corrected chi connectivity index (χ4v) is 6.77. The van der Waals surface area contributed by atoms with Crippen molar-refractivity contribution in [3.8, 4) is 5.69 Å². The molecule has 0 spiro atoms. The van der Waals surface area contributed by atoms with Crippen molar-refractivity contribution < 1.29 is 0 Å². The molecule has 0 bridgehead atoms. The molecule has 8 rings (SSSR count). The Morgan fingerprint density at radius 2 is 1.21 bits per heavy atom. The first-order valence-electron chi connectivity index (χ1n) is 11.6. The minimum absolute atomic E-state index is 1.21. The Kier molecular flexibility index (Phi) is 3.60. The van der Waals surface area contributed by atoms with E-state index in [9.17, 15) is 0 Å². The van der Waals surface area contributed by atoms with Crippen LogP contribution in [0.3, 0.4) is 0 Å². The third kappa shape index (κ3) is 2.38. The number of rotatable bonds is 1. The van der Waals surface area contributed by atoms with Crippen molar-refractivity contribution in [1.82, 2.24) is 4.57 Å². The summed E-state index contributed by atoms with van der Waals surface area (Å²) in [5, 5.41) is 10.5. The van der Waals surface area contributed by atoms with E-state index in [2.05, 4.69) is 120 Å². The lowest BCUT2D eigenvalue weighted by Gasteiger charge is -2.11. The molecule has 0 radical (unpaired) electrons. The second-order valence-corrected chi connectivity index (χ2v) is 10.1. The van der Waals surface area contributed by atoms with Crippen LogP contribution in [0.15, 0.2) is 115 Å². The molecule has 0 saturated heterocycles. The summed E-state index contributed by atoms with van der Waals surface area (Å²) in [4.78, 5) is 0. The van der Waals surface area contributed by atoms with E-state index in [1.165, 1.54) is 69.2 Å². The molecule has 0 N–H and O–H groups in total. The summed E-state index contributed by atoms with van der Waals surface area (Å²) in [6.07, 6.45) is 0. The zero-order chi connectivity index (χ0) is 22.2. The molecule has 8 aromatic rings. The van der Waals surface area contributed by atoms with E-state index in [1.807, 2.05) is 11.3 Å². The Morgan fingerprint density at radius 3 is 2.12 bits per heavy atom. The number of fused-ring (bicyclic) bond motifs is 10. The second-order valence-electron chi connectivity index (χ2n) is 8.98. The van der Waals surface area contributed by atoms with E-state index in [4.69, 9.17) is 0 Å². The van der Waals surface area contributed by atoms with Gasteiger partial charge in [0.2, 0.25) is 0 Å². The van der Waals surface area contributed by atoms with Crippen LogP contribution in [0.4, 0.5) is 0 Å². The lowest BCUT2D eigenvalue weighted by atomic mass is 10.0. The largest absolute Gasteiger partial charge is 0.309 e. The SMILES string of the molecule is c1ccc2cc(-n3c4ccc5ccccc5c4c4ccc5sc6ccccc6c5c43)ccc2c1. The maximum Gasteiger partial charge on any atom is 0.0634 e. The molecule has 34 heavy (non-hydrogen) atoms. The normalized spacial score (nSPS) is 12.1. The van der Waals surface area contributed by atoms with Gasteiger partial charge in [-0.25, -0.2) is 0 Å². The van der Waals surface area contributed by atoms with Gasteiger partial charge < -0.3 is 4.57 Å². The number of benzene rings is 6. The van der Waals surface area contributed by atoms with Gasteiger partial charge in [-0.2, -0.15) is 0 Å².